The molecule has 9 rings (SSSR count). The van der Waals surface area contributed by atoms with E-state index in [9.17, 15) is 59.7 Å². The number of allylic oxidation sites excluding steroid dienone is 2. The monoisotopic (exact) mass is 1160 g/mol. The number of pyridine rings is 1. The first-order valence-corrected chi connectivity index (χ1v) is 27.3. The highest BCUT2D eigenvalue weighted by atomic mass is 16.7. The van der Waals surface area contributed by atoms with Gasteiger partial charge < -0.3 is 69.7 Å². The van der Waals surface area contributed by atoms with Crippen molar-refractivity contribution in [3.05, 3.63) is 115 Å². The highest BCUT2D eigenvalue weighted by molar-refractivity contribution is 6.28. The van der Waals surface area contributed by atoms with Gasteiger partial charge in [0.15, 0.2) is 17.3 Å². The van der Waals surface area contributed by atoms with Crippen molar-refractivity contribution >= 4 is 61.8 Å². The number of Topliss-reactive ketones (excluding diaryl/α,β-unsaturated/α-hetero) is 1. The van der Waals surface area contributed by atoms with Crippen molar-refractivity contribution in [1.82, 2.24) is 28.9 Å². The number of amides is 1. The van der Waals surface area contributed by atoms with Crippen molar-refractivity contribution in [1.29, 1.82) is 0 Å². The topological polar surface area (TPSA) is 360 Å². The standard InChI is InChI=1S/C43H51N3O11.C17H20N4O6/c1-19-14-16-46-28(18-19)44-32-29-30-37(50)25(7)40-31(29)41(52)43(9,57-40)55-17-15-27(54-10)22(4)39(56-26(8)47)24(6)36(49)23(5)35(48)20(2)12-11-13-21(3)42(53)45-33(34(32)46)38(30)51;1-7-3-9-10(4-8(7)2)21(5-11(23)14(25)12(24)6-22)15-13(18-9)16(26)20-17(27)19-15/h11-18,20,22-24,27,35-36,39,48-51H,1-10H3,(H,45,53);3-4,11-12,14,22-25H,5-6H2,1-2H3,(H,20,26,27)/b12-11+,17-15+,21-13-;/t20-,22+,23+,24+,27-,35-,36+,39+,43-;11-,12+,14-/m00/s1. The summed E-state index contributed by atoms with van der Waals surface area (Å²) in [5, 5.41) is 88.2. The number of hydrogen-bond acceptors (Lipinski definition) is 20. The minimum Gasteiger partial charge on any atom is -0.507 e. The second-order valence-corrected chi connectivity index (χ2v) is 22.1. The van der Waals surface area contributed by atoms with E-state index < -0.39 is 113 Å². The maximum absolute atomic E-state index is 14.6. The first-order chi connectivity index (χ1) is 39.5. The Kier molecular flexibility index (Phi) is 17.9. The molecule has 1 amide bonds. The normalized spacial score (nSPS) is 25.8. The van der Waals surface area contributed by atoms with Gasteiger partial charge in [0.2, 0.25) is 0 Å². The Morgan fingerprint density at radius 3 is 2.23 bits per heavy atom. The largest absolute Gasteiger partial charge is 0.507 e. The number of hydrogen-bond donors (Lipinski definition) is 10. The van der Waals surface area contributed by atoms with Crippen molar-refractivity contribution in [2.24, 2.45) is 23.7 Å². The zero-order valence-corrected chi connectivity index (χ0v) is 48.5. The van der Waals surface area contributed by atoms with E-state index in [4.69, 9.17) is 29.0 Å². The average molecular weight is 1160 g/mol. The third-order valence-electron chi connectivity index (χ3n) is 16.1. The van der Waals surface area contributed by atoms with Crippen LogP contribution in [-0.2, 0) is 30.3 Å². The molecule has 448 valence electrons. The number of carbonyl (C=O) groups is 3. The van der Waals surface area contributed by atoms with E-state index in [1.165, 1.54) is 44.8 Å². The van der Waals surface area contributed by atoms with Crippen molar-refractivity contribution < 1.29 is 74.2 Å². The number of H-pyrrole nitrogens is 1. The number of nitrogens with one attached hydrogen (secondary N) is 2. The molecule has 12 atom stereocenters. The van der Waals surface area contributed by atoms with Crippen LogP contribution in [0.1, 0.15) is 81.1 Å². The van der Waals surface area contributed by atoms with Crippen LogP contribution in [0.3, 0.4) is 0 Å². The Morgan fingerprint density at radius 2 is 1.56 bits per heavy atom. The molecule has 3 aromatic carbocycles. The molecular formula is C60H71N7O17. The Labute approximate surface area is 481 Å². The summed E-state index contributed by atoms with van der Waals surface area (Å²) in [5.41, 5.74) is 3.29. The van der Waals surface area contributed by atoms with E-state index in [1.54, 1.807) is 75.6 Å². The lowest BCUT2D eigenvalue weighted by molar-refractivity contribution is -0.160. The van der Waals surface area contributed by atoms with Gasteiger partial charge in [0.25, 0.3) is 17.2 Å². The van der Waals surface area contributed by atoms with E-state index in [-0.39, 0.29) is 73.8 Å². The van der Waals surface area contributed by atoms with Crippen LogP contribution in [-0.4, -0.2) is 150 Å². The van der Waals surface area contributed by atoms with Gasteiger partial charge in [0.1, 0.15) is 58.3 Å². The fourth-order valence-electron chi connectivity index (χ4n) is 10.9. The lowest BCUT2D eigenvalue weighted by atomic mass is 9.78. The lowest BCUT2D eigenvalue weighted by Crippen LogP contribution is -2.46. The number of ketones is 1. The molecule has 4 aliphatic heterocycles. The van der Waals surface area contributed by atoms with Crippen LogP contribution in [0.15, 0.2) is 76.2 Å². The predicted octanol–water partition coefficient (Wildman–Crippen LogP) is 4.43. The Balaban J connectivity index is 0.000000284. The molecule has 24 nitrogen and oxygen atoms in total. The fraction of sp³-hybridized carbons (Fsp3) is 0.433. The summed E-state index contributed by atoms with van der Waals surface area (Å²) in [6, 6.07) is 7.17. The minimum absolute atomic E-state index is 0.0185. The van der Waals surface area contributed by atoms with E-state index in [0.717, 1.165) is 16.7 Å². The number of methoxy groups -OCH3 is 1. The van der Waals surface area contributed by atoms with Gasteiger partial charge >= 0.3 is 17.4 Å². The van der Waals surface area contributed by atoms with Crippen molar-refractivity contribution in [2.75, 3.05) is 19.0 Å². The second-order valence-electron chi connectivity index (χ2n) is 22.1. The zero-order valence-electron chi connectivity index (χ0n) is 48.5. The Bertz CT molecular complexity index is 3920. The number of phenolic OH excluding ortho intramolecular Hbond substituents is 2. The van der Waals surface area contributed by atoms with E-state index >= 15 is 0 Å². The van der Waals surface area contributed by atoms with Crippen molar-refractivity contribution in [3.63, 3.8) is 0 Å². The van der Waals surface area contributed by atoms with Gasteiger partial charge in [-0.05, 0) is 81.7 Å². The van der Waals surface area contributed by atoms with Gasteiger partial charge in [-0.3, -0.25) is 28.6 Å². The summed E-state index contributed by atoms with van der Waals surface area (Å²) in [4.78, 5) is 79.6. The third-order valence-corrected chi connectivity index (χ3v) is 16.1. The number of ether oxygens (including phenoxy) is 4. The van der Waals surface area contributed by atoms with E-state index in [2.05, 4.69) is 20.3 Å². The first kappa shape index (κ1) is 62.0. The highest BCUT2D eigenvalue weighted by Gasteiger charge is 2.50. The number of anilines is 1. The molecule has 84 heavy (non-hydrogen) atoms. The van der Waals surface area contributed by atoms with Crippen molar-refractivity contribution in [2.45, 2.75) is 131 Å². The number of aryl methyl sites for hydroxylation is 3. The van der Waals surface area contributed by atoms with E-state index in [1.807, 2.05) is 32.9 Å². The summed E-state index contributed by atoms with van der Waals surface area (Å²) in [5.74, 6) is -7.01. The molecule has 6 heterocycles. The van der Waals surface area contributed by atoms with Crippen LogP contribution in [0.2, 0.25) is 0 Å². The number of aromatic nitrogens is 6. The number of benzene rings is 3. The molecule has 0 radical (unpaired) electrons. The van der Waals surface area contributed by atoms with Crippen LogP contribution in [0.5, 0.6) is 17.2 Å². The molecule has 2 aromatic heterocycles. The smallest absolute Gasteiger partial charge is 0.349 e. The molecular weight excluding hydrogens is 1090 g/mol. The number of aromatic amines is 1. The summed E-state index contributed by atoms with van der Waals surface area (Å²) >= 11 is 0. The maximum Gasteiger partial charge on any atom is 0.349 e. The van der Waals surface area contributed by atoms with Gasteiger partial charge in [0.05, 0.1) is 59.7 Å². The van der Waals surface area contributed by atoms with E-state index in [0.29, 0.717) is 16.7 Å². The molecule has 10 N–H and O–H groups in total. The average Bonchev–Trinajstić information content (AvgIpc) is 1.52. The van der Waals surface area contributed by atoms with Gasteiger partial charge in [-0.15, -0.1) is 0 Å². The van der Waals surface area contributed by atoms with Crippen LogP contribution >= 0.6 is 0 Å². The zero-order chi connectivity index (χ0) is 61.7. The number of carbonyl (C=O) groups excluding carboxylic acids is 3. The first-order valence-electron chi connectivity index (χ1n) is 27.3. The number of imidazole rings is 1. The molecule has 0 unspecified atom stereocenters. The van der Waals surface area contributed by atoms with Gasteiger partial charge in [0, 0.05) is 67.3 Å². The van der Waals surface area contributed by atoms with Crippen LogP contribution < -0.4 is 21.3 Å². The lowest BCUT2D eigenvalue weighted by Gasteiger charge is -2.38. The quantitative estimate of drug-likeness (QED) is 0.0599. The number of nitrogens with zero attached hydrogens (tertiary/aromatic N) is 5. The predicted molar refractivity (Wildman–Crippen MR) is 309 cm³/mol. The number of aromatic hydroxyl groups is 2. The summed E-state index contributed by atoms with van der Waals surface area (Å²) < 4.78 is 26.9. The number of rotatable bonds is 7. The fourth-order valence-corrected chi connectivity index (χ4v) is 10.9. The molecule has 0 aliphatic carbocycles. The number of esters is 1. The molecule has 0 saturated carbocycles. The molecule has 0 saturated heterocycles. The SMILES string of the molecule is CO[C@H]1/C=C/O[C@@]2(C)Oc3c(C)c(O)c4c(O)c(c5c(nc6cc(C)ccn65)c4c3C2=O)NC(=O)/C(C)=C\C=C\[C@H](C)[C@H](O)[C@@H](C)[C@@H](O)[C@@H](C)[C@H](OC(C)=O)[C@@H]1C.Cc1cc2nc3c(=O)[nH]c(=O)nc-3n(C[C@H](O)[C@H](O)[C@H](O)CO)c2cc1C. The molecule has 4 aliphatic rings. The summed E-state index contributed by atoms with van der Waals surface area (Å²) in [6.45, 7) is 17.4. The van der Waals surface area contributed by atoms with Crippen LogP contribution in [0.25, 0.3) is 50.0 Å². The highest BCUT2D eigenvalue weighted by Crippen LogP contribution is 2.54. The molecule has 5 aromatic rings. The minimum atomic E-state index is -1.96. The Morgan fingerprint density at radius 1 is 0.869 bits per heavy atom. The molecule has 0 fully saturated rings. The van der Waals surface area contributed by atoms with Gasteiger partial charge in [-0.1, -0.05) is 45.9 Å². The summed E-state index contributed by atoms with van der Waals surface area (Å²) in [6.07, 6.45) is 0.942. The number of fused-ring (bicyclic) bond motifs is 4. The second kappa shape index (κ2) is 24.2. The molecule has 24 heteroatoms. The number of aliphatic hydroxyl groups is 6. The number of aliphatic hydroxyl groups excluding tert-OH is 6. The summed E-state index contributed by atoms with van der Waals surface area (Å²) in [7, 11) is 1.46. The van der Waals surface area contributed by atoms with Gasteiger partial charge in [-0.2, -0.15) is 4.98 Å². The molecule has 0 spiro atoms. The maximum atomic E-state index is 14.6. The van der Waals surface area contributed by atoms with Crippen LogP contribution in [0, 0.1) is 51.4 Å². The third kappa shape index (κ3) is 11.5. The van der Waals surface area contributed by atoms with Gasteiger partial charge in [-0.25, -0.2) is 14.8 Å². The van der Waals surface area contributed by atoms with Crippen LogP contribution in [0.4, 0.5) is 5.69 Å². The Hall–Kier alpha value is -8.10. The number of phenols is 2. The molecule has 4 bridgehead atoms. The van der Waals surface area contributed by atoms with Crippen molar-refractivity contribution in [3.8, 4) is 28.8 Å².